The minimum atomic E-state index is -4.25. The SMILES string of the molecule is CCCCCc1cc(S(=O)(=O)O)c2ccccc(OC)c1-2. The summed E-state index contributed by atoms with van der Waals surface area (Å²) in [5, 5.41) is 0. The molecule has 5 heteroatoms. The van der Waals surface area contributed by atoms with Crippen LogP contribution < -0.4 is 4.74 Å². The highest BCUT2D eigenvalue weighted by atomic mass is 32.2. The van der Waals surface area contributed by atoms with Crippen LogP contribution in [0.2, 0.25) is 0 Å². The minimum absolute atomic E-state index is 0.0431. The molecule has 0 aromatic rings. The van der Waals surface area contributed by atoms with Gasteiger partial charge in [0.1, 0.15) is 10.6 Å². The van der Waals surface area contributed by atoms with E-state index in [4.69, 9.17) is 4.74 Å². The van der Waals surface area contributed by atoms with Crippen LogP contribution in [0.4, 0.5) is 0 Å². The first-order chi connectivity index (χ1) is 9.99. The van der Waals surface area contributed by atoms with Gasteiger partial charge in [-0.15, -0.1) is 0 Å². The zero-order valence-electron chi connectivity index (χ0n) is 12.3. The zero-order valence-corrected chi connectivity index (χ0v) is 13.1. The maximum atomic E-state index is 11.6. The molecule has 0 unspecified atom stereocenters. The van der Waals surface area contributed by atoms with Crippen molar-refractivity contribution < 1.29 is 17.7 Å². The molecule has 0 heterocycles. The van der Waals surface area contributed by atoms with E-state index in [1.54, 1.807) is 37.4 Å². The molecule has 0 radical (unpaired) electrons. The predicted molar refractivity (Wildman–Crippen MR) is 82.7 cm³/mol. The van der Waals surface area contributed by atoms with Gasteiger partial charge in [-0.3, -0.25) is 4.55 Å². The van der Waals surface area contributed by atoms with Crippen LogP contribution in [0.15, 0.2) is 35.2 Å². The maximum Gasteiger partial charge on any atom is 0.295 e. The number of rotatable bonds is 6. The molecule has 0 atom stereocenters. The molecular weight excluding hydrogens is 288 g/mol. The van der Waals surface area contributed by atoms with Crippen LogP contribution in [0.1, 0.15) is 31.7 Å². The highest BCUT2D eigenvalue weighted by Crippen LogP contribution is 2.41. The summed E-state index contributed by atoms with van der Waals surface area (Å²) in [4.78, 5) is -0.0431. The Balaban J connectivity index is 2.62. The summed E-state index contributed by atoms with van der Waals surface area (Å²) in [6, 6.07) is 8.61. The summed E-state index contributed by atoms with van der Waals surface area (Å²) in [6.07, 6.45) is 3.91. The Labute approximate surface area is 125 Å². The molecule has 2 rings (SSSR count). The van der Waals surface area contributed by atoms with Crippen LogP contribution in [-0.2, 0) is 16.5 Å². The smallest absolute Gasteiger partial charge is 0.295 e. The van der Waals surface area contributed by atoms with Crippen molar-refractivity contribution in [1.29, 1.82) is 0 Å². The lowest BCUT2D eigenvalue weighted by atomic mass is 10.0. The number of ether oxygens (including phenoxy) is 1. The van der Waals surface area contributed by atoms with Crippen molar-refractivity contribution in [2.45, 2.75) is 37.5 Å². The van der Waals surface area contributed by atoms with Crippen molar-refractivity contribution in [1.82, 2.24) is 0 Å². The van der Waals surface area contributed by atoms with E-state index in [1.807, 2.05) is 0 Å². The van der Waals surface area contributed by atoms with Crippen molar-refractivity contribution in [2.75, 3.05) is 7.11 Å². The molecule has 0 saturated carbocycles. The fourth-order valence-corrected chi connectivity index (χ4v) is 3.32. The van der Waals surface area contributed by atoms with Crippen LogP contribution in [0, 0.1) is 0 Å². The van der Waals surface area contributed by atoms with Gasteiger partial charge in [0.15, 0.2) is 0 Å². The van der Waals surface area contributed by atoms with E-state index in [0.29, 0.717) is 11.3 Å². The molecule has 0 bridgehead atoms. The number of hydrogen-bond donors (Lipinski definition) is 1. The zero-order chi connectivity index (χ0) is 15.5. The van der Waals surface area contributed by atoms with Gasteiger partial charge in [-0.2, -0.15) is 8.42 Å². The van der Waals surface area contributed by atoms with E-state index in [9.17, 15) is 13.0 Å². The van der Waals surface area contributed by atoms with Crippen molar-refractivity contribution in [3.8, 4) is 16.9 Å². The molecule has 2 aliphatic carbocycles. The number of hydrogen-bond acceptors (Lipinski definition) is 3. The fraction of sp³-hybridized carbons (Fsp3) is 0.375. The molecule has 0 aromatic heterocycles. The molecular formula is C16H20O4S. The Hall–Kier alpha value is -1.59. The molecule has 0 aliphatic heterocycles. The van der Waals surface area contributed by atoms with E-state index in [0.717, 1.165) is 36.8 Å². The number of unbranched alkanes of at least 4 members (excludes halogenated alkanes) is 2. The Morgan fingerprint density at radius 3 is 2.52 bits per heavy atom. The van der Waals surface area contributed by atoms with Crippen molar-refractivity contribution in [2.24, 2.45) is 0 Å². The molecule has 114 valence electrons. The van der Waals surface area contributed by atoms with Gasteiger partial charge >= 0.3 is 0 Å². The third-order valence-electron chi connectivity index (χ3n) is 3.58. The van der Waals surface area contributed by atoms with Gasteiger partial charge in [0.25, 0.3) is 10.1 Å². The molecule has 0 fully saturated rings. The summed E-state index contributed by atoms with van der Waals surface area (Å²) >= 11 is 0. The van der Waals surface area contributed by atoms with Crippen molar-refractivity contribution >= 4 is 10.1 Å². The molecule has 4 nitrogen and oxygen atoms in total. The lowest BCUT2D eigenvalue weighted by Gasteiger charge is -2.07. The second-order valence-corrected chi connectivity index (χ2v) is 6.43. The molecule has 2 aliphatic rings. The second-order valence-electron chi connectivity index (χ2n) is 5.04. The van der Waals surface area contributed by atoms with Gasteiger partial charge in [-0.05, 0) is 30.5 Å². The van der Waals surface area contributed by atoms with E-state index < -0.39 is 10.1 Å². The lowest BCUT2D eigenvalue weighted by Crippen LogP contribution is -1.97. The molecule has 0 amide bonds. The Kier molecular flexibility index (Phi) is 4.85. The number of aryl methyl sites for hydroxylation is 1. The summed E-state index contributed by atoms with van der Waals surface area (Å²) < 4.78 is 38.0. The first kappa shape index (κ1) is 15.8. The molecule has 21 heavy (non-hydrogen) atoms. The van der Waals surface area contributed by atoms with E-state index >= 15 is 0 Å². The van der Waals surface area contributed by atoms with Crippen molar-refractivity contribution in [3.63, 3.8) is 0 Å². The summed E-state index contributed by atoms with van der Waals surface area (Å²) in [5.41, 5.74) is 2.18. The quantitative estimate of drug-likeness (QED) is 0.651. The van der Waals surface area contributed by atoms with Crippen LogP contribution in [-0.4, -0.2) is 20.1 Å². The highest BCUT2D eigenvalue weighted by Gasteiger charge is 2.25. The van der Waals surface area contributed by atoms with Gasteiger partial charge in [-0.1, -0.05) is 38.0 Å². The second kappa shape index (κ2) is 6.45. The standard InChI is InChI=1S/C16H20O4S/c1-3-4-5-8-12-11-15(21(17,18)19)13-9-6-7-10-14(20-2)16(12)13/h6-7,9-11H,3-5,8H2,1-2H3,(H,17,18,19). The predicted octanol–water partition coefficient (Wildman–Crippen LogP) is 3.78. The Morgan fingerprint density at radius 2 is 1.90 bits per heavy atom. The van der Waals surface area contributed by atoms with E-state index in [1.165, 1.54) is 0 Å². The average Bonchev–Trinajstić information content (AvgIpc) is 2.66. The van der Waals surface area contributed by atoms with Gasteiger partial charge in [0.2, 0.25) is 0 Å². The lowest BCUT2D eigenvalue weighted by molar-refractivity contribution is 0.416. The summed E-state index contributed by atoms with van der Waals surface area (Å²) in [5.74, 6) is 0.622. The van der Waals surface area contributed by atoms with Crippen LogP contribution >= 0.6 is 0 Å². The molecule has 0 saturated heterocycles. The molecule has 0 aromatic carbocycles. The minimum Gasteiger partial charge on any atom is -0.496 e. The van der Waals surface area contributed by atoms with E-state index in [-0.39, 0.29) is 4.90 Å². The highest BCUT2D eigenvalue weighted by molar-refractivity contribution is 7.86. The molecule has 1 N–H and O–H groups in total. The third kappa shape index (κ3) is 3.36. The first-order valence-corrected chi connectivity index (χ1v) is 8.49. The summed E-state index contributed by atoms with van der Waals surface area (Å²) in [6.45, 7) is 2.12. The normalized spacial score (nSPS) is 11.8. The molecule has 0 spiro atoms. The van der Waals surface area contributed by atoms with Crippen LogP contribution in [0.3, 0.4) is 0 Å². The fourth-order valence-electron chi connectivity index (χ4n) is 2.58. The summed E-state index contributed by atoms with van der Waals surface area (Å²) in [7, 11) is -2.69. The number of fused-ring (bicyclic) bond motifs is 1. The van der Waals surface area contributed by atoms with Crippen LogP contribution in [0.5, 0.6) is 5.75 Å². The Morgan fingerprint density at radius 1 is 1.19 bits per heavy atom. The number of methoxy groups -OCH3 is 1. The maximum absolute atomic E-state index is 11.6. The van der Waals surface area contributed by atoms with Gasteiger partial charge in [0, 0.05) is 11.1 Å². The third-order valence-corrected chi connectivity index (χ3v) is 4.47. The monoisotopic (exact) mass is 308 g/mol. The largest absolute Gasteiger partial charge is 0.496 e. The van der Waals surface area contributed by atoms with Gasteiger partial charge in [-0.25, -0.2) is 0 Å². The van der Waals surface area contributed by atoms with Crippen LogP contribution in [0.25, 0.3) is 11.1 Å². The van der Waals surface area contributed by atoms with Gasteiger partial charge < -0.3 is 4.74 Å². The average molecular weight is 308 g/mol. The van der Waals surface area contributed by atoms with Gasteiger partial charge in [0.05, 0.1) is 7.11 Å². The first-order valence-electron chi connectivity index (χ1n) is 7.05. The Bertz CT molecular complexity index is 692. The topological polar surface area (TPSA) is 63.6 Å². The van der Waals surface area contributed by atoms with Crippen molar-refractivity contribution in [3.05, 3.63) is 35.9 Å². The van der Waals surface area contributed by atoms with E-state index in [2.05, 4.69) is 6.92 Å².